The van der Waals surface area contributed by atoms with Crippen LogP contribution in [0.4, 0.5) is 11.6 Å². The number of fused-ring (bicyclic) bond motifs is 1. The van der Waals surface area contributed by atoms with Gasteiger partial charge in [-0.2, -0.15) is 4.98 Å². The van der Waals surface area contributed by atoms with Crippen LogP contribution in [0, 0.1) is 0 Å². The van der Waals surface area contributed by atoms with Crippen molar-refractivity contribution >= 4 is 53.1 Å². The summed E-state index contributed by atoms with van der Waals surface area (Å²) in [5, 5.41) is 26.1. The lowest BCUT2D eigenvalue weighted by atomic mass is 10.1. The molecule has 3 aromatic rings. The summed E-state index contributed by atoms with van der Waals surface area (Å²) in [6.07, 6.45) is 0.938. The molecular formula is C21H24ClN7O6. The van der Waals surface area contributed by atoms with Crippen LogP contribution in [0.1, 0.15) is 28.9 Å². The highest BCUT2D eigenvalue weighted by Gasteiger charge is 2.21. The number of hydrogen-bond donors (Lipinski definition) is 5. The highest BCUT2D eigenvalue weighted by molar-refractivity contribution is 5.97. The number of aryl methyl sites for hydroxylation is 1. The van der Waals surface area contributed by atoms with E-state index in [1.165, 1.54) is 12.1 Å². The van der Waals surface area contributed by atoms with Crippen molar-refractivity contribution in [2.75, 3.05) is 17.7 Å². The summed E-state index contributed by atoms with van der Waals surface area (Å²) in [5.74, 6) is -2.71. The van der Waals surface area contributed by atoms with Crippen LogP contribution >= 0.6 is 12.4 Å². The molecule has 0 aliphatic carbocycles. The minimum absolute atomic E-state index is 0. The number of amides is 1. The maximum Gasteiger partial charge on any atom is 0.326 e. The van der Waals surface area contributed by atoms with Crippen LogP contribution < -0.4 is 21.5 Å². The lowest BCUT2D eigenvalue weighted by Crippen LogP contribution is -2.41. The normalized spacial score (nSPS) is 11.3. The fraction of sp³-hybridized carbons (Fsp3) is 0.286. The SMILES string of the molecule is CNc1nc(=O)c2nc(CNc3ccc(C(=O)NC(CCC(=O)O)C(=O)O)cc3)cnc2n1C.Cl. The summed E-state index contributed by atoms with van der Waals surface area (Å²) in [6, 6.07) is 4.93. The molecular weight excluding hydrogens is 482 g/mol. The van der Waals surface area contributed by atoms with Crippen molar-refractivity contribution in [3.05, 3.63) is 52.1 Å². The molecule has 14 heteroatoms. The van der Waals surface area contributed by atoms with E-state index in [1.54, 1.807) is 37.0 Å². The molecule has 13 nitrogen and oxygen atoms in total. The Kier molecular flexibility index (Phi) is 9.05. The first kappa shape index (κ1) is 27.0. The largest absolute Gasteiger partial charge is 0.481 e. The molecule has 0 saturated carbocycles. The van der Waals surface area contributed by atoms with Crippen LogP contribution in [0.15, 0.2) is 35.3 Å². The number of carbonyl (C=O) groups excluding carboxylic acids is 1. The van der Waals surface area contributed by atoms with E-state index in [9.17, 15) is 24.3 Å². The molecule has 35 heavy (non-hydrogen) atoms. The number of benzene rings is 1. The Bertz CT molecular complexity index is 1300. The van der Waals surface area contributed by atoms with Crippen molar-refractivity contribution < 1.29 is 24.6 Å². The Morgan fingerprint density at radius 2 is 1.80 bits per heavy atom. The van der Waals surface area contributed by atoms with Crippen molar-refractivity contribution in [1.29, 1.82) is 0 Å². The second kappa shape index (κ2) is 11.7. The van der Waals surface area contributed by atoms with Crippen LogP contribution in [0.5, 0.6) is 0 Å². The summed E-state index contributed by atoms with van der Waals surface area (Å²) in [7, 11) is 3.37. The van der Waals surface area contributed by atoms with Crippen molar-refractivity contribution in [2.24, 2.45) is 7.05 Å². The lowest BCUT2D eigenvalue weighted by molar-refractivity contribution is -0.140. The summed E-state index contributed by atoms with van der Waals surface area (Å²) >= 11 is 0. The van der Waals surface area contributed by atoms with E-state index in [2.05, 4.69) is 30.9 Å². The molecule has 0 spiro atoms. The highest BCUT2D eigenvalue weighted by atomic mass is 35.5. The number of nitrogens with one attached hydrogen (secondary N) is 3. The summed E-state index contributed by atoms with van der Waals surface area (Å²) in [5.41, 5.74) is 1.41. The number of rotatable bonds is 10. The van der Waals surface area contributed by atoms with Gasteiger partial charge in [-0.15, -0.1) is 12.4 Å². The molecule has 0 saturated heterocycles. The minimum Gasteiger partial charge on any atom is -0.481 e. The monoisotopic (exact) mass is 505 g/mol. The van der Waals surface area contributed by atoms with Gasteiger partial charge in [0.05, 0.1) is 18.4 Å². The van der Waals surface area contributed by atoms with Crippen LogP contribution in [0.2, 0.25) is 0 Å². The summed E-state index contributed by atoms with van der Waals surface area (Å²) < 4.78 is 1.63. The number of aliphatic carboxylic acids is 2. The van der Waals surface area contributed by atoms with Gasteiger partial charge in [-0.1, -0.05) is 0 Å². The molecule has 5 N–H and O–H groups in total. The molecule has 1 atom stereocenters. The number of carboxylic acids is 2. The Balaban J connectivity index is 0.00000432. The second-order valence-corrected chi connectivity index (χ2v) is 7.31. The van der Waals surface area contributed by atoms with Crippen LogP contribution in [-0.4, -0.2) is 60.7 Å². The average Bonchev–Trinajstić information content (AvgIpc) is 2.82. The van der Waals surface area contributed by atoms with Gasteiger partial charge >= 0.3 is 17.5 Å². The smallest absolute Gasteiger partial charge is 0.326 e. The fourth-order valence-electron chi connectivity index (χ4n) is 3.14. The van der Waals surface area contributed by atoms with E-state index in [4.69, 9.17) is 5.11 Å². The topological polar surface area (TPSA) is 188 Å². The van der Waals surface area contributed by atoms with Crippen LogP contribution in [0.25, 0.3) is 11.2 Å². The number of carbonyl (C=O) groups is 3. The zero-order valence-electron chi connectivity index (χ0n) is 18.8. The van der Waals surface area contributed by atoms with E-state index in [0.717, 1.165) is 0 Å². The van der Waals surface area contributed by atoms with Gasteiger partial charge in [0.15, 0.2) is 11.2 Å². The molecule has 1 aromatic carbocycles. The number of anilines is 2. The Labute approximate surface area is 205 Å². The molecule has 2 aromatic heterocycles. The number of aromatic nitrogens is 4. The van der Waals surface area contributed by atoms with Gasteiger partial charge in [0.1, 0.15) is 6.04 Å². The maximum atomic E-state index is 12.3. The van der Waals surface area contributed by atoms with E-state index in [0.29, 0.717) is 23.0 Å². The fourth-order valence-corrected chi connectivity index (χ4v) is 3.14. The molecule has 0 aliphatic rings. The first-order valence-electron chi connectivity index (χ1n) is 10.2. The van der Waals surface area contributed by atoms with Gasteiger partial charge in [0.2, 0.25) is 5.95 Å². The van der Waals surface area contributed by atoms with Gasteiger partial charge < -0.3 is 26.2 Å². The molecule has 1 amide bonds. The molecule has 3 rings (SSSR count). The Hall–Kier alpha value is -4.26. The highest BCUT2D eigenvalue weighted by Crippen LogP contribution is 2.13. The zero-order valence-corrected chi connectivity index (χ0v) is 19.6. The van der Waals surface area contributed by atoms with E-state index in [-0.39, 0.29) is 42.9 Å². The number of hydrogen-bond acceptors (Lipinski definition) is 9. The van der Waals surface area contributed by atoms with Gasteiger partial charge in [0.25, 0.3) is 5.91 Å². The molecule has 0 bridgehead atoms. The van der Waals surface area contributed by atoms with E-state index < -0.39 is 29.4 Å². The van der Waals surface area contributed by atoms with E-state index in [1.807, 2.05) is 0 Å². The Morgan fingerprint density at radius 3 is 2.40 bits per heavy atom. The first-order valence-corrected chi connectivity index (χ1v) is 10.2. The quantitative estimate of drug-likeness (QED) is 0.262. The zero-order chi connectivity index (χ0) is 24.8. The molecule has 0 aliphatic heterocycles. The van der Waals surface area contributed by atoms with Gasteiger partial charge in [0, 0.05) is 31.8 Å². The van der Waals surface area contributed by atoms with Crippen LogP contribution in [-0.2, 0) is 23.2 Å². The predicted molar refractivity (Wildman–Crippen MR) is 129 cm³/mol. The van der Waals surface area contributed by atoms with Gasteiger partial charge in [-0.05, 0) is 30.7 Å². The third-order valence-corrected chi connectivity index (χ3v) is 4.94. The molecule has 0 fully saturated rings. The van der Waals surface area contributed by atoms with Crippen molar-refractivity contribution in [2.45, 2.75) is 25.4 Å². The number of nitrogens with zero attached hydrogens (tertiary/aromatic N) is 4. The molecule has 0 radical (unpaired) electrons. The van der Waals surface area contributed by atoms with Crippen LogP contribution in [0.3, 0.4) is 0 Å². The molecule has 2 heterocycles. The summed E-state index contributed by atoms with van der Waals surface area (Å²) in [4.78, 5) is 59.1. The molecule has 1 unspecified atom stereocenters. The minimum atomic E-state index is -1.31. The van der Waals surface area contributed by atoms with Gasteiger partial charge in [-0.25, -0.2) is 14.8 Å². The predicted octanol–water partition coefficient (Wildman–Crippen LogP) is 0.847. The van der Waals surface area contributed by atoms with E-state index >= 15 is 0 Å². The van der Waals surface area contributed by atoms with Crippen molar-refractivity contribution in [3.8, 4) is 0 Å². The average molecular weight is 506 g/mol. The van der Waals surface area contributed by atoms with Gasteiger partial charge in [-0.3, -0.25) is 19.0 Å². The Morgan fingerprint density at radius 1 is 1.11 bits per heavy atom. The maximum absolute atomic E-state index is 12.3. The third-order valence-electron chi connectivity index (χ3n) is 4.94. The molecule has 186 valence electrons. The standard InChI is InChI=1S/C21H23N7O6.ClH/c1-22-21-27-19(32)16-17(28(21)2)24-10-13(25-16)9-23-12-5-3-11(4-6-12)18(31)26-14(20(33)34)7-8-15(29)30;/h3-6,10,14,23H,7-9H2,1-2H3,(H,26,31)(H,29,30)(H,33,34)(H,22,27,32);1H. The van der Waals surface area contributed by atoms with Crippen molar-refractivity contribution in [1.82, 2.24) is 24.8 Å². The lowest BCUT2D eigenvalue weighted by Gasteiger charge is -2.14. The number of halogens is 1. The second-order valence-electron chi connectivity index (χ2n) is 7.31. The first-order chi connectivity index (χ1) is 16.2. The third kappa shape index (κ3) is 6.63. The summed E-state index contributed by atoms with van der Waals surface area (Å²) in [6.45, 7) is 0.252. The van der Waals surface area contributed by atoms with Crippen molar-refractivity contribution in [3.63, 3.8) is 0 Å². The number of carboxylic acid groups (broad SMARTS) is 2.